The Hall–Kier alpha value is -2.92. The molecule has 0 saturated heterocycles. The Morgan fingerprint density at radius 3 is 2.60 bits per heavy atom. The summed E-state index contributed by atoms with van der Waals surface area (Å²) in [6.07, 6.45) is 3.83. The molecule has 4 nitrogen and oxygen atoms in total. The highest BCUT2D eigenvalue weighted by Gasteiger charge is 2.09. The van der Waals surface area contributed by atoms with Gasteiger partial charge in [-0.25, -0.2) is 4.98 Å². The summed E-state index contributed by atoms with van der Waals surface area (Å²) >= 11 is 5.70. The van der Waals surface area contributed by atoms with Crippen molar-refractivity contribution in [3.8, 4) is 28.1 Å². The quantitative estimate of drug-likeness (QED) is 0.528. The Labute approximate surface area is 150 Å². The van der Waals surface area contributed by atoms with Crippen molar-refractivity contribution in [2.45, 2.75) is 6.92 Å². The number of aromatic nitrogens is 3. The maximum Gasteiger partial charge on any atom is 0.212 e. The molecule has 0 saturated carbocycles. The zero-order valence-corrected chi connectivity index (χ0v) is 14.8. The molecule has 0 amide bonds. The summed E-state index contributed by atoms with van der Waals surface area (Å²) in [6, 6.07) is 16.2. The molecule has 0 unspecified atom stereocenters. The summed E-state index contributed by atoms with van der Waals surface area (Å²) < 4.78 is 7.88. The van der Waals surface area contributed by atoms with Gasteiger partial charge in [0.1, 0.15) is 10.4 Å². The van der Waals surface area contributed by atoms with E-state index in [0.29, 0.717) is 0 Å². The van der Waals surface area contributed by atoms with Crippen LogP contribution in [-0.4, -0.2) is 21.5 Å². The molecular formula is C20H17N3OS. The first-order chi connectivity index (χ1) is 12.2. The van der Waals surface area contributed by atoms with Crippen LogP contribution in [0.2, 0.25) is 0 Å². The smallest absolute Gasteiger partial charge is 0.212 e. The topological polar surface area (TPSA) is 42.3 Å². The van der Waals surface area contributed by atoms with Gasteiger partial charge in [0, 0.05) is 18.0 Å². The van der Waals surface area contributed by atoms with E-state index in [9.17, 15) is 0 Å². The van der Waals surface area contributed by atoms with Gasteiger partial charge in [-0.1, -0.05) is 42.0 Å². The van der Waals surface area contributed by atoms with Gasteiger partial charge >= 0.3 is 0 Å². The van der Waals surface area contributed by atoms with Crippen LogP contribution in [0.25, 0.3) is 28.2 Å². The van der Waals surface area contributed by atoms with Crippen molar-refractivity contribution < 1.29 is 4.74 Å². The number of methoxy groups -OCH3 is 1. The Kier molecular flexibility index (Phi) is 3.86. The highest BCUT2D eigenvalue weighted by Crippen LogP contribution is 2.25. The molecule has 0 bridgehead atoms. The molecule has 4 aromatic rings. The molecule has 124 valence electrons. The number of fused-ring (bicyclic) bond motifs is 1. The molecule has 1 N–H and O–H groups in total. The van der Waals surface area contributed by atoms with E-state index in [2.05, 4.69) is 35.1 Å². The molecule has 0 aliphatic carbocycles. The minimum absolute atomic E-state index is 0.729. The van der Waals surface area contributed by atoms with Crippen molar-refractivity contribution in [1.29, 1.82) is 0 Å². The van der Waals surface area contributed by atoms with Gasteiger partial charge in [0.2, 0.25) is 5.78 Å². The van der Waals surface area contributed by atoms with Crippen molar-refractivity contribution in [2.24, 2.45) is 0 Å². The second kappa shape index (κ2) is 6.18. The third-order valence-electron chi connectivity index (χ3n) is 4.23. The number of aryl methyl sites for hydroxylation is 1. The zero-order chi connectivity index (χ0) is 17.4. The van der Waals surface area contributed by atoms with Crippen LogP contribution in [0.4, 0.5) is 0 Å². The minimum atomic E-state index is 0.729. The lowest BCUT2D eigenvalue weighted by Crippen LogP contribution is -1.92. The van der Waals surface area contributed by atoms with Crippen molar-refractivity contribution >= 4 is 18.0 Å². The SMILES string of the molecule is COc1ccc(-c2cn3c(=S)c(-c4cccc(C)c4)cnc3[nH]2)cc1. The average Bonchev–Trinajstić information content (AvgIpc) is 3.07. The van der Waals surface area contributed by atoms with Crippen molar-refractivity contribution in [3.05, 3.63) is 71.1 Å². The Bertz CT molecular complexity index is 1110. The molecule has 0 atom stereocenters. The van der Waals surface area contributed by atoms with E-state index in [1.165, 1.54) is 5.56 Å². The fourth-order valence-electron chi connectivity index (χ4n) is 2.89. The Balaban J connectivity index is 1.83. The van der Waals surface area contributed by atoms with Gasteiger partial charge in [0.25, 0.3) is 0 Å². The maximum absolute atomic E-state index is 5.70. The highest BCUT2D eigenvalue weighted by atomic mass is 32.1. The number of nitrogens with one attached hydrogen (secondary N) is 1. The molecule has 0 radical (unpaired) electrons. The fraction of sp³-hybridized carbons (Fsp3) is 0.100. The van der Waals surface area contributed by atoms with Gasteiger partial charge in [-0.3, -0.25) is 4.40 Å². The number of ether oxygens (including phenoxy) is 1. The second-order valence-corrected chi connectivity index (χ2v) is 6.32. The van der Waals surface area contributed by atoms with E-state index in [-0.39, 0.29) is 0 Å². The van der Waals surface area contributed by atoms with Gasteiger partial charge in [-0.05, 0) is 42.3 Å². The second-order valence-electron chi connectivity index (χ2n) is 5.94. The first-order valence-corrected chi connectivity index (χ1v) is 8.38. The van der Waals surface area contributed by atoms with E-state index in [4.69, 9.17) is 17.0 Å². The molecule has 2 aromatic carbocycles. The van der Waals surface area contributed by atoms with Crippen LogP contribution in [0.15, 0.2) is 60.9 Å². The van der Waals surface area contributed by atoms with Crippen LogP contribution in [0.3, 0.4) is 0 Å². The lowest BCUT2D eigenvalue weighted by molar-refractivity contribution is 0.415. The Morgan fingerprint density at radius 2 is 1.88 bits per heavy atom. The van der Waals surface area contributed by atoms with Crippen LogP contribution < -0.4 is 4.74 Å². The summed E-state index contributed by atoms with van der Waals surface area (Å²) in [5.41, 5.74) is 5.25. The van der Waals surface area contributed by atoms with Crippen LogP contribution in [0.1, 0.15) is 5.56 Å². The van der Waals surface area contributed by atoms with Crippen molar-refractivity contribution in [2.75, 3.05) is 7.11 Å². The third kappa shape index (κ3) is 2.83. The largest absolute Gasteiger partial charge is 0.497 e. The van der Waals surface area contributed by atoms with E-state index >= 15 is 0 Å². The van der Waals surface area contributed by atoms with Gasteiger partial charge in [-0.2, -0.15) is 0 Å². The fourth-order valence-corrected chi connectivity index (χ4v) is 3.20. The number of hydrogen-bond donors (Lipinski definition) is 1. The molecular weight excluding hydrogens is 330 g/mol. The molecule has 25 heavy (non-hydrogen) atoms. The number of hydrogen-bond acceptors (Lipinski definition) is 3. The molecule has 0 aliphatic rings. The summed E-state index contributed by atoms with van der Waals surface area (Å²) in [7, 11) is 1.66. The number of imidazole rings is 1. The van der Waals surface area contributed by atoms with Crippen molar-refractivity contribution in [3.63, 3.8) is 0 Å². The molecule has 5 heteroatoms. The standard InChI is InChI=1S/C20H17N3OS/c1-13-4-3-5-15(10-13)17-11-21-20-22-18(12-23(20)19(17)25)14-6-8-16(24-2)9-7-14/h3-12H,1-2H3,(H,21,22). The predicted octanol–water partition coefficient (Wildman–Crippen LogP) is 5.04. The molecule has 0 aliphatic heterocycles. The zero-order valence-electron chi connectivity index (χ0n) is 14.0. The molecule has 2 aromatic heterocycles. The maximum atomic E-state index is 5.70. The molecule has 2 heterocycles. The van der Waals surface area contributed by atoms with Crippen LogP contribution in [0.5, 0.6) is 5.75 Å². The first kappa shape index (κ1) is 15.6. The average molecular weight is 347 g/mol. The highest BCUT2D eigenvalue weighted by molar-refractivity contribution is 7.71. The van der Waals surface area contributed by atoms with Gasteiger partial charge in [0.05, 0.1) is 12.8 Å². The summed E-state index contributed by atoms with van der Waals surface area (Å²) in [4.78, 5) is 7.87. The molecule has 0 fully saturated rings. The van der Waals surface area contributed by atoms with Crippen LogP contribution in [0, 0.1) is 11.6 Å². The molecule has 0 spiro atoms. The van der Waals surface area contributed by atoms with E-state index in [1.54, 1.807) is 7.11 Å². The monoisotopic (exact) mass is 347 g/mol. The summed E-state index contributed by atoms with van der Waals surface area (Å²) in [5, 5.41) is 0. The van der Waals surface area contributed by atoms with E-state index in [1.807, 2.05) is 47.1 Å². The lowest BCUT2D eigenvalue weighted by atomic mass is 10.1. The van der Waals surface area contributed by atoms with Gasteiger partial charge in [0.15, 0.2) is 0 Å². The first-order valence-electron chi connectivity index (χ1n) is 7.97. The summed E-state index contributed by atoms with van der Waals surface area (Å²) in [5.74, 6) is 1.56. The normalized spacial score (nSPS) is 11.0. The van der Waals surface area contributed by atoms with Crippen molar-refractivity contribution in [1.82, 2.24) is 14.4 Å². The number of nitrogens with zero attached hydrogens (tertiary/aromatic N) is 2. The van der Waals surface area contributed by atoms with Gasteiger partial charge in [-0.15, -0.1) is 0 Å². The van der Waals surface area contributed by atoms with E-state index in [0.717, 1.165) is 38.6 Å². The number of rotatable bonds is 3. The van der Waals surface area contributed by atoms with Gasteiger partial charge < -0.3 is 9.72 Å². The minimum Gasteiger partial charge on any atom is -0.497 e. The molecule has 4 rings (SSSR count). The van der Waals surface area contributed by atoms with E-state index < -0.39 is 0 Å². The Morgan fingerprint density at radius 1 is 1.08 bits per heavy atom. The van der Waals surface area contributed by atoms with Crippen LogP contribution >= 0.6 is 12.2 Å². The van der Waals surface area contributed by atoms with Crippen LogP contribution in [-0.2, 0) is 0 Å². The third-order valence-corrected chi connectivity index (χ3v) is 4.64. The number of benzene rings is 2. The predicted molar refractivity (Wildman–Crippen MR) is 103 cm³/mol. The lowest BCUT2D eigenvalue weighted by Gasteiger charge is -2.04. The number of aromatic amines is 1. The summed E-state index contributed by atoms with van der Waals surface area (Å²) in [6.45, 7) is 2.07. The number of H-pyrrole nitrogens is 1.